The SMILES string of the molecule is CC[C@@]1(O)C(=O)OCc2c1cc1n(c2=O)Cc2cc3cc(C#CCCCc4ccccc4)ccc3nc2-1. The summed E-state index contributed by atoms with van der Waals surface area (Å²) in [5, 5.41) is 12.0. The lowest BCUT2D eigenvalue weighted by Gasteiger charge is -2.31. The lowest BCUT2D eigenvalue weighted by Crippen LogP contribution is -2.44. The van der Waals surface area contributed by atoms with Crippen LogP contribution in [0.5, 0.6) is 0 Å². The predicted octanol–water partition coefficient (Wildman–Crippen LogP) is 4.45. The number of ether oxygens (including phenoxy) is 1. The monoisotopic (exact) mass is 490 g/mol. The molecule has 0 saturated heterocycles. The molecule has 0 bridgehead atoms. The molecule has 0 saturated carbocycles. The van der Waals surface area contributed by atoms with Crippen LogP contribution in [-0.4, -0.2) is 20.6 Å². The first-order valence-corrected chi connectivity index (χ1v) is 12.6. The molecule has 6 heteroatoms. The molecule has 1 N–H and O–H groups in total. The number of aryl methyl sites for hydroxylation is 1. The predicted molar refractivity (Wildman–Crippen MR) is 141 cm³/mol. The molecule has 2 aliphatic heterocycles. The van der Waals surface area contributed by atoms with Gasteiger partial charge in [0, 0.05) is 28.5 Å². The van der Waals surface area contributed by atoms with Gasteiger partial charge < -0.3 is 14.4 Å². The Morgan fingerprint density at radius 1 is 1.11 bits per heavy atom. The van der Waals surface area contributed by atoms with Crippen LogP contribution in [0.25, 0.3) is 22.3 Å². The molecule has 0 fully saturated rings. The zero-order chi connectivity index (χ0) is 25.6. The minimum atomic E-state index is -1.82. The number of benzene rings is 2. The maximum absolute atomic E-state index is 13.3. The number of fused-ring (bicyclic) bond motifs is 5. The summed E-state index contributed by atoms with van der Waals surface area (Å²) in [5.74, 6) is 5.83. The van der Waals surface area contributed by atoms with Crippen molar-refractivity contribution in [1.29, 1.82) is 0 Å². The average Bonchev–Trinajstić information content (AvgIpc) is 3.28. The summed E-state index contributed by atoms with van der Waals surface area (Å²) in [5.41, 5.74) is 3.88. The molecular weight excluding hydrogens is 464 g/mol. The van der Waals surface area contributed by atoms with Gasteiger partial charge in [0.1, 0.15) is 6.61 Å². The molecule has 4 heterocycles. The highest BCUT2D eigenvalue weighted by Crippen LogP contribution is 2.38. The summed E-state index contributed by atoms with van der Waals surface area (Å²) < 4.78 is 6.79. The number of unbranched alkanes of at least 4 members (excludes halogenated alkanes) is 1. The summed E-state index contributed by atoms with van der Waals surface area (Å²) in [6.45, 7) is 1.95. The molecule has 0 aliphatic carbocycles. The van der Waals surface area contributed by atoms with Crippen LogP contribution in [0.3, 0.4) is 0 Å². The number of aromatic nitrogens is 2. The van der Waals surface area contributed by atoms with Crippen molar-refractivity contribution in [1.82, 2.24) is 9.55 Å². The van der Waals surface area contributed by atoms with Gasteiger partial charge in [0.15, 0.2) is 5.60 Å². The zero-order valence-corrected chi connectivity index (χ0v) is 20.6. The lowest BCUT2D eigenvalue weighted by molar-refractivity contribution is -0.172. The molecule has 4 aromatic rings. The van der Waals surface area contributed by atoms with E-state index < -0.39 is 11.6 Å². The standard InChI is InChI=1S/C31H26N2O4/c1-2-31(36)25-17-27-28-23(18-33(27)29(34)24(25)19-37-30(31)35)16-22-15-21(13-14-26(22)32-28)12-8-4-7-11-20-9-5-3-6-10-20/h3,5-6,9-10,13-17,36H,2,4,7,11,18-19H2,1H3/t31-/m0/s1. The van der Waals surface area contributed by atoms with E-state index in [2.05, 4.69) is 42.2 Å². The third-order valence-corrected chi connectivity index (χ3v) is 7.35. The first-order chi connectivity index (χ1) is 18.0. The molecular formula is C31H26N2O4. The second-order valence-corrected chi connectivity index (χ2v) is 9.65. The van der Waals surface area contributed by atoms with E-state index in [4.69, 9.17) is 9.72 Å². The summed E-state index contributed by atoms with van der Waals surface area (Å²) >= 11 is 0. The normalized spacial score (nSPS) is 17.4. The van der Waals surface area contributed by atoms with Crippen molar-refractivity contribution >= 4 is 16.9 Å². The second-order valence-electron chi connectivity index (χ2n) is 9.65. The number of pyridine rings is 2. The van der Waals surface area contributed by atoms with Crippen molar-refractivity contribution in [2.45, 2.75) is 51.4 Å². The summed E-state index contributed by atoms with van der Waals surface area (Å²) in [7, 11) is 0. The molecule has 0 unspecified atom stereocenters. The fourth-order valence-corrected chi connectivity index (χ4v) is 5.25. The maximum atomic E-state index is 13.3. The molecule has 0 radical (unpaired) electrons. The first-order valence-electron chi connectivity index (χ1n) is 12.6. The van der Waals surface area contributed by atoms with Gasteiger partial charge in [-0.3, -0.25) is 4.79 Å². The van der Waals surface area contributed by atoms with Crippen molar-refractivity contribution in [3.8, 4) is 23.2 Å². The van der Waals surface area contributed by atoms with Crippen LogP contribution in [0.4, 0.5) is 0 Å². The van der Waals surface area contributed by atoms with Gasteiger partial charge in [0.2, 0.25) is 0 Å². The van der Waals surface area contributed by atoms with Gasteiger partial charge in [0.25, 0.3) is 5.56 Å². The highest BCUT2D eigenvalue weighted by Gasteiger charge is 2.45. The lowest BCUT2D eigenvalue weighted by atomic mass is 9.86. The van der Waals surface area contributed by atoms with Crippen molar-refractivity contribution in [2.24, 2.45) is 0 Å². The number of carbonyl (C=O) groups excluding carboxylic acids is 1. The number of hydrogen-bond acceptors (Lipinski definition) is 5. The Morgan fingerprint density at radius 2 is 1.95 bits per heavy atom. The fourth-order valence-electron chi connectivity index (χ4n) is 5.25. The van der Waals surface area contributed by atoms with Crippen LogP contribution in [-0.2, 0) is 34.7 Å². The van der Waals surface area contributed by atoms with Crippen LogP contribution < -0.4 is 5.56 Å². The van der Waals surface area contributed by atoms with Gasteiger partial charge in [-0.15, -0.1) is 0 Å². The number of esters is 1. The maximum Gasteiger partial charge on any atom is 0.343 e. The molecule has 37 heavy (non-hydrogen) atoms. The van der Waals surface area contributed by atoms with Crippen LogP contribution >= 0.6 is 0 Å². The molecule has 184 valence electrons. The highest BCUT2D eigenvalue weighted by molar-refractivity contribution is 5.87. The molecule has 0 amide bonds. The van der Waals surface area contributed by atoms with Gasteiger partial charge in [-0.1, -0.05) is 49.1 Å². The fraction of sp³-hybridized carbons (Fsp3) is 0.258. The third-order valence-electron chi connectivity index (χ3n) is 7.35. The van der Waals surface area contributed by atoms with Crippen molar-refractivity contribution in [3.05, 3.63) is 98.8 Å². The minimum Gasteiger partial charge on any atom is -0.458 e. The smallest absolute Gasteiger partial charge is 0.343 e. The van der Waals surface area contributed by atoms with Crippen LogP contribution in [0.2, 0.25) is 0 Å². The van der Waals surface area contributed by atoms with E-state index in [1.807, 2.05) is 24.3 Å². The van der Waals surface area contributed by atoms with Crippen molar-refractivity contribution in [3.63, 3.8) is 0 Å². The number of aliphatic hydroxyl groups is 1. The van der Waals surface area contributed by atoms with E-state index in [9.17, 15) is 14.7 Å². The van der Waals surface area contributed by atoms with E-state index in [-0.39, 0.29) is 18.6 Å². The van der Waals surface area contributed by atoms with E-state index in [0.717, 1.165) is 41.3 Å². The number of cyclic esters (lactones) is 1. The number of carbonyl (C=O) groups is 1. The van der Waals surface area contributed by atoms with Gasteiger partial charge >= 0.3 is 5.97 Å². The van der Waals surface area contributed by atoms with Crippen LogP contribution in [0.15, 0.2) is 65.5 Å². The molecule has 6 nitrogen and oxygen atoms in total. The van der Waals surface area contributed by atoms with Crippen molar-refractivity contribution in [2.75, 3.05) is 0 Å². The Labute approximate surface area is 214 Å². The van der Waals surface area contributed by atoms with Crippen molar-refractivity contribution < 1.29 is 14.6 Å². The number of hydrogen-bond donors (Lipinski definition) is 1. The molecule has 6 rings (SSSR count). The summed E-state index contributed by atoms with van der Waals surface area (Å²) in [6.07, 6.45) is 2.98. The Bertz CT molecular complexity index is 1680. The molecule has 1 atom stereocenters. The largest absolute Gasteiger partial charge is 0.458 e. The van der Waals surface area contributed by atoms with Gasteiger partial charge in [-0.05, 0) is 55.2 Å². The van der Waals surface area contributed by atoms with Gasteiger partial charge in [-0.2, -0.15) is 0 Å². The summed E-state index contributed by atoms with van der Waals surface area (Å²) in [6, 6.07) is 20.2. The minimum absolute atomic E-state index is 0.121. The number of rotatable bonds is 4. The molecule has 2 aromatic carbocycles. The topological polar surface area (TPSA) is 81.4 Å². The number of nitrogens with zero attached hydrogens (tertiary/aromatic N) is 2. The molecule has 2 aromatic heterocycles. The zero-order valence-electron chi connectivity index (χ0n) is 20.6. The average molecular weight is 491 g/mol. The van der Waals surface area contributed by atoms with Crippen LogP contribution in [0.1, 0.15) is 54.0 Å². The van der Waals surface area contributed by atoms with E-state index in [0.29, 0.717) is 29.1 Å². The Hall–Kier alpha value is -4.21. The van der Waals surface area contributed by atoms with Gasteiger partial charge in [0.05, 0.1) is 29.0 Å². The van der Waals surface area contributed by atoms with E-state index in [1.165, 1.54) is 5.56 Å². The van der Waals surface area contributed by atoms with Crippen LogP contribution in [0, 0.1) is 11.8 Å². The highest BCUT2D eigenvalue weighted by atomic mass is 16.6. The Balaban J connectivity index is 1.29. The third kappa shape index (κ3) is 3.92. The Morgan fingerprint density at radius 3 is 2.76 bits per heavy atom. The quantitative estimate of drug-likeness (QED) is 0.229. The second kappa shape index (κ2) is 9.02. The molecule has 0 spiro atoms. The first kappa shape index (κ1) is 23.2. The van der Waals surface area contributed by atoms with E-state index in [1.54, 1.807) is 17.6 Å². The van der Waals surface area contributed by atoms with Gasteiger partial charge in [-0.25, -0.2) is 9.78 Å². The summed E-state index contributed by atoms with van der Waals surface area (Å²) in [4.78, 5) is 30.5. The molecule has 2 aliphatic rings. The van der Waals surface area contributed by atoms with E-state index >= 15 is 0 Å². The Kier molecular flexibility index (Phi) is 5.66.